The molecule has 0 saturated carbocycles. The summed E-state index contributed by atoms with van der Waals surface area (Å²) < 4.78 is 6.40. The lowest BCUT2D eigenvalue weighted by Crippen LogP contribution is -2.24. The summed E-state index contributed by atoms with van der Waals surface area (Å²) in [4.78, 5) is 11.1. The van der Waals surface area contributed by atoms with Crippen molar-refractivity contribution in [1.29, 1.82) is 0 Å². The zero-order chi connectivity index (χ0) is 19.8. The van der Waals surface area contributed by atoms with Crippen LogP contribution >= 0.6 is 0 Å². The smallest absolute Gasteiger partial charge is 0.335 e. The quantitative estimate of drug-likeness (QED) is 0.543. The summed E-state index contributed by atoms with van der Waals surface area (Å²) in [5.41, 5.74) is 3.59. The minimum Gasteiger partial charge on any atom is -0.478 e. The Morgan fingerprint density at radius 3 is 2.19 bits per heavy atom. The van der Waals surface area contributed by atoms with Gasteiger partial charge < -0.3 is 9.84 Å². The number of hydrogen-bond acceptors (Lipinski definition) is 2. The Kier molecular flexibility index (Phi) is 7.56. The average molecular weight is 364 g/mol. The SMILES string of the molecule is C=CC[C@H](O[C@@H](C)c1ccccc1)[C@@H](C)C(=CC)c1ccc(C(=O)O)cc1. The minimum absolute atomic E-state index is 0.0221. The standard InChI is InChI=1S/C24H28O3/c1-5-10-23(27-18(4)19-11-8-7-9-12-19)17(3)22(6-2)20-13-15-21(16-14-20)24(25)26/h5-9,11-18,23H,1,10H2,2-4H3,(H,25,26)/t17-,18-,23-/m0/s1. The molecule has 142 valence electrons. The molecule has 0 bridgehead atoms. The third-order valence-electron chi connectivity index (χ3n) is 4.87. The van der Waals surface area contributed by atoms with Crippen molar-refractivity contribution in [3.05, 3.63) is 90.0 Å². The number of ether oxygens (including phenoxy) is 1. The van der Waals surface area contributed by atoms with E-state index in [2.05, 4.69) is 38.6 Å². The van der Waals surface area contributed by atoms with Crippen molar-refractivity contribution in [3.63, 3.8) is 0 Å². The van der Waals surface area contributed by atoms with Crippen LogP contribution in [-0.2, 0) is 4.74 Å². The van der Waals surface area contributed by atoms with Gasteiger partial charge in [0.1, 0.15) is 0 Å². The number of rotatable bonds is 9. The van der Waals surface area contributed by atoms with Crippen molar-refractivity contribution in [2.24, 2.45) is 5.92 Å². The molecule has 3 nitrogen and oxygen atoms in total. The van der Waals surface area contributed by atoms with Gasteiger partial charge in [-0.15, -0.1) is 6.58 Å². The van der Waals surface area contributed by atoms with Gasteiger partial charge in [-0.1, -0.05) is 61.5 Å². The summed E-state index contributed by atoms with van der Waals surface area (Å²) >= 11 is 0. The molecule has 2 aromatic carbocycles. The number of carboxylic acids is 1. The second-order valence-electron chi connectivity index (χ2n) is 6.67. The van der Waals surface area contributed by atoms with Crippen LogP contribution in [-0.4, -0.2) is 17.2 Å². The molecular formula is C24H28O3. The highest BCUT2D eigenvalue weighted by molar-refractivity contribution is 5.88. The van der Waals surface area contributed by atoms with Crippen LogP contribution in [0.2, 0.25) is 0 Å². The second kappa shape index (κ2) is 9.89. The molecule has 0 unspecified atom stereocenters. The Balaban J connectivity index is 2.21. The molecular weight excluding hydrogens is 336 g/mol. The van der Waals surface area contributed by atoms with Crippen LogP contribution in [0.15, 0.2) is 73.3 Å². The van der Waals surface area contributed by atoms with Crippen molar-refractivity contribution in [2.45, 2.75) is 39.4 Å². The first-order valence-electron chi connectivity index (χ1n) is 9.29. The highest BCUT2D eigenvalue weighted by Crippen LogP contribution is 2.32. The molecule has 0 aliphatic carbocycles. The van der Waals surface area contributed by atoms with E-state index in [1.54, 1.807) is 12.1 Å². The van der Waals surface area contributed by atoms with E-state index in [0.29, 0.717) is 5.56 Å². The van der Waals surface area contributed by atoms with E-state index in [9.17, 15) is 4.79 Å². The van der Waals surface area contributed by atoms with Crippen molar-refractivity contribution < 1.29 is 14.6 Å². The Labute approximate surface area is 162 Å². The van der Waals surface area contributed by atoms with Gasteiger partial charge in [-0.25, -0.2) is 4.79 Å². The molecule has 1 N–H and O–H groups in total. The van der Waals surface area contributed by atoms with Crippen LogP contribution in [0.3, 0.4) is 0 Å². The van der Waals surface area contributed by atoms with Crippen molar-refractivity contribution in [2.75, 3.05) is 0 Å². The predicted octanol–water partition coefficient (Wildman–Crippen LogP) is 6.15. The number of hydrogen-bond donors (Lipinski definition) is 1. The highest BCUT2D eigenvalue weighted by atomic mass is 16.5. The van der Waals surface area contributed by atoms with E-state index < -0.39 is 5.97 Å². The van der Waals surface area contributed by atoms with E-state index in [4.69, 9.17) is 9.84 Å². The lowest BCUT2D eigenvalue weighted by atomic mass is 9.87. The van der Waals surface area contributed by atoms with Crippen LogP contribution in [0.5, 0.6) is 0 Å². The molecule has 0 aliphatic heterocycles. The predicted molar refractivity (Wildman–Crippen MR) is 111 cm³/mol. The number of allylic oxidation sites excluding steroid dienone is 1. The fourth-order valence-electron chi connectivity index (χ4n) is 3.30. The first-order valence-corrected chi connectivity index (χ1v) is 9.29. The maximum atomic E-state index is 11.1. The molecule has 0 aromatic heterocycles. The van der Waals surface area contributed by atoms with Gasteiger partial charge in [0.15, 0.2) is 0 Å². The largest absolute Gasteiger partial charge is 0.478 e. The number of carbonyl (C=O) groups is 1. The summed E-state index contributed by atoms with van der Waals surface area (Å²) in [5, 5.41) is 9.10. The zero-order valence-electron chi connectivity index (χ0n) is 16.3. The summed E-state index contributed by atoms with van der Waals surface area (Å²) in [5.74, 6) is -0.781. The minimum atomic E-state index is -0.916. The van der Waals surface area contributed by atoms with E-state index in [-0.39, 0.29) is 18.1 Å². The van der Waals surface area contributed by atoms with Gasteiger partial charge in [-0.05, 0) is 49.1 Å². The van der Waals surface area contributed by atoms with E-state index in [1.165, 1.54) is 0 Å². The van der Waals surface area contributed by atoms with Crippen LogP contribution in [0.4, 0.5) is 0 Å². The topological polar surface area (TPSA) is 46.5 Å². The van der Waals surface area contributed by atoms with E-state index in [0.717, 1.165) is 23.1 Å². The third kappa shape index (κ3) is 5.41. The molecule has 0 amide bonds. The molecule has 0 spiro atoms. The molecule has 2 rings (SSSR count). The van der Waals surface area contributed by atoms with Crippen LogP contribution in [0.25, 0.3) is 5.57 Å². The van der Waals surface area contributed by atoms with Gasteiger partial charge in [0.25, 0.3) is 0 Å². The molecule has 3 atom stereocenters. The number of benzene rings is 2. The molecule has 27 heavy (non-hydrogen) atoms. The van der Waals surface area contributed by atoms with Crippen molar-refractivity contribution in [3.8, 4) is 0 Å². The molecule has 0 fully saturated rings. The lowest BCUT2D eigenvalue weighted by molar-refractivity contribution is -0.0184. The average Bonchev–Trinajstić information content (AvgIpc) is 2.69. The van der Waals surface area contributed by atoms with Gasteiger partial charge in [-0.2, -0.15) is 0 Å². The van der Waals surface area contributed by atoms with Gasteiger partial charge in [0.05, 0.1) is 17.8 Å². The summed E-state index contributed by atoms with van der Waals surface area (Å²) in [6.45, 7) is 10.1. The number of aromatic carboxylic acids is 1. The van der Waals surface area contributed by atoms with Crippen LogP contribution in [0.1, 0.15) is 54.8 Å². The Bertz CT molecular complexity index is 775. The summed E-state index contributed by atoms with van der Waals surface area (Å²) in [7, 11) is 0. The monoisotopic (exact) mass is 364 g/mol. The first kappa shape index (κ1) is 20.7. The maximum absolute atomic E-state index is 11.1. The first-order chi connectivity index (χ1) is 13.0. The van der Waals surface area contributed by atoms with Crippen LogP contribution < -0.4 is 0 Å². The third-order valence-corrected chi connectivity index (χ3v) is 4.87. The van der Waals surface area contributed by atoms with E-state index >= 15 is 0 Å². The zero-order valence-corrected chi connectivity index (χ0v) is 16.3. The molecule has 0 radical (unpaired) electrons. The molecule has 2 aromatic rings. The van der Waals surface area contributed by atoms with Crippen molar-refractivity contribution >= 4 is 11.5 Å². The Morgan fingerprint density at radius 1 is 1.07 bits per heavy atom. The fourth-order valence-corrected chi connectivity index (χ4v) is 3.30. The maximum Gasteiger partial charge on any atom is 0.335 e. The summed E-state index contributed by atoms with van der Waals surface area (Å²) in [6, 6.07) is 17.2. The Morgan fingerprint density at radius 2 is 1.67 bits per heavy atom. The second-order valence-corrected chi connectivity index (χ2v) is 6.67. The molecule has 0 heterocycles. The van der Waals surface area contributed by atoms with Crippen molar-refractivity contribution in [1.82, 2.24) is 0 Å². The highest BCUT2D eigenvalue weighted by Gasteiger charge is 2.24. The lowest BCUT2D eigenvalue weighted by Gasteiger charge is -2.29. The van der Waals surface area contributed by atoms with E-state index in [1.807, 2.05) is 43.3 Å². The summed E-state index contributed by atoms with van der Waals surface area (Å²) in [6.07, 6.45) is 4.66. The normalized spacial score (nSPS) is 15.0. The Hall–Kier alpha value is -2.65. The fraction of sp³-hybridized carbons (Fsp3) is 0.292. The van der Waals surface area contributed by atoms with Gasteiger partial charge >= 0.3 is 5.97 Å². The molecule has 3 heteroatoms. The molecule has 0 saturated heterocycles. The molecule has 0 aliphatic rings. The van der Waals surface area contributed by atoms with Gasteiger partial charge in [0, 0.05) is 5.92 Å². The van der Waals surface area contributed by atoms with Crippen LogP contribution in [0, 0.1) is 5.92 Å². The van der Waals surface area contributed by atoms with Gasteiger partial charge in [-0.3, -0.25) is 0 Å². The number of carboxylic acid groups (broad SMARTS) is 1. The van der Waals surface area contributed by atoms with Gasteiger partial charge in [0.2, 0.25) is 0 Å².